The number of ether oxygens (including phenoxy) is 1. The van der Waals surface area contributed by atoms with Gasteiger partial charge in [-0.3, -0.25) is 13.7 Å². The van der Waals surface area contributed by atoms with E-state index >= 15 is 0 Å². The normalized spacial score (nSPS) is 27.1. The number of aromatic nitrogens is 4. The maximum atomic E-state index is 14.0. The zero-order valence-corrected chi connectivity index (χ0v) is 17.8. The lowest BCUT2D eigenvalue weighted by Crippen LogP contribution is -2.26. The number of halogens is 1. The Morgan fingerprint density at radius 2 is 1.90 bits per heavy atom. The van der Waals surface area contributed by atoms with Crippen LogP contribution in [0.5, 0.6) is 0 Å². The van der Waals surface area contributed by atoms with Crippen molar-refractivity contribution in [3.63, 3.8) is 0 Å². The summed E-state index contributed by atoms with van der Waals surface area (Å²) in [6.45, 7) is -0.911. The standard InChI is InChI=1S/C11H17FN5O11P3/c12-11(30(21,22)28-31(23,24)25)29(19,20)26-2-6-5(18)1-7(27-6)17-4-16-8-9(13)14-3-15-10(8)17/h3-7,11,18H,1-2H2,(H,19,20)(H,21,22)(H2,13,14,15)(H2,23,24,25)/t5-,6+,7+,11?/m0/s1. The van der Waals surface area contributed by atoms with Crippen LogP contribution in [0.4, 0.5) is 10.2 Å². The first-order valence-corrected chi connectivity index (χ1v) is 13.0. The highest BCUT2D eigenvalue weighted by Crippen LogP contribution is 2.70. The molecule has 6 atom stereocenters. The molecule has 1 aliphatic heterocycles. The molecule has 0 aromatic carbocycles. The molecule has 1 saturated heterocycles. The summed E-state index contributed by atoms with van der Waals surface area (Å²) in [6, 6.07) is 0. The molecule has 0 saturated carbocycles. The third-order valence-corrected chi connectivity index (χ3v) is 9.22. The maximum Gasteiger partial charge on any atom is 0.476 e. The van der Waals surface area contributed by atoms with E-state index in [0.29, 0.717) is 0 Å². The van der Waals surface area contributed by atoms with Crippen molar-refractivity contribution in [2.45, 2.75) is 30.5 Å². The summed E-state index contributed by atoms with van der Waals surface area (Å²) in [5.74, 6) is 0.100. The number of anilines is 1. The monoisotopic (exact) mass is 507 g/mol. The van der Waals surface area contributed by atoms with Crippen LogP contribution in [0, 0.1) is 0 Å². The van der Waals surface area contributed by atoms with Crippen LogP contribution >= 0.6 is 23.0 Å². The van der Waals surface area contributed by atoms with E-state index in [1.807, 2.05) is 0 Å². The summed E-state index contributed by atoms with van der Waals surface area (Å²) < 4.78 is 62.8. The van der Waals surface area contributed by atoms with Gasteiger partial charge in [0.15, 0.2) is 11.5 Å². The Balaban J connectivity index is 1.68. The quantitative estimate of drug-likeness (QED) is 0.253. The number of imidazole rings is 1. The number of phosphoric acid groups is 1. The second-order valence-corrected chi connectivity index (χ2v) is 11.8. The van der Waals surface area contributed by atoms with Crippen molar-refractivity contribution in [1.29, 1.82) is 0 Å². The highest BCUT2D eigenvalue weighted by Gasteiger charge is 2.52. The van der Waals surface area contributed by atoms with Crippen LogP contribution in [0.15, 0.2) is 12.7 Å². The van der Waals surface area contributed by atoms with Crippen molar-refractivity contribution in [1.82, 2.24) is 19.5 Å². The molecule has 2 aromatic heterocycles. The topological polar surface area (TPSA) is 250 Å². The first kappa shape index (κ1) is 24.3. The third kappa shape index (κ3) is 5.35. The van der Waals surface area contributed by atoms with Crippen LogP contribution in [-0.2, 0) is 27.3 Å². The van der Waals surface area contributed by atoms with Crippen molar-refractivity contribution in [3.05, 3.63) is 12.7 Å². The van der Waals surface area contributed by atoms with E-state index in [2.05, 4.69) is 23.8 Å². The Hall–Kier alpha value is -1.35. The number of fused-ring (bicyclic) bond motifs is 1. The van der Waals surface area contributed by atoms with Gasteiger partial charge in [0.05, 0.1) is 19.0 Å². The highest BCUT2D eigenvalue weighted by atomic mass is 31.3. The molecular formula is C11H17FN5O11P3. The highest BCUT2D eigenvalue weighted by molar-refractivity contribution is 7.74. The van der Waals surface area contributed by atoms with Crippen LogP contribution < -0.4 is 5.73 Å². The van der Waals surface area contributed by atoms with Gasteiger partial charge in [-0.25, -0.2) is 28.2 Å². The number of hydrogen-bond donors (Lipinski definition) is 6. The SMILES string of the molecule is Nc1ncnc2c1ncn2[C@H]1C[C@H](O)[C@@H](COP(=O)(O)C(F)P(=O)(O)OP(=O)(O)O)O1. The molecule has 1 fully saturated rings. The number of hydrogen-bond acceptors (Lipinski definition) is 11. The lowest BCUT2D eigenvalue weighted by atomic mass is 10.2. The molecule has 20 heteroatoms. The van der Waals surface area contributed by atoms with Gasteiger partial charge in [-0.05, 0) is 0 Å². The zero-order valence-electron chi connectivity index (χ0n) is 15.1. The Labute approximate surface area is 172 Å². The van der Waals surface area contributed by atoms with Gasteiger partial charge in [-0.1, -0.05) is 0 Å². The molecule has 0 spiro atoms. The number of aliphatic hydroxyl groups is 1. The summed E-state index contributed by atoms with van der Waals surface area (Å²) in [6.07, 6.45) is -0.992. The molecule has 16 nitrogen and oxygen atoms in total. The van der Waals surface area contributed by atoms with Gasteiger partial charge in [-0.2, -0.15) is 0 Å². The Morgan fingerprint density at radius 3 is 2.55 bits per heavy atom. The van der Waals surface area contributed by atoms with Gasteiger partial charge >= 0.3 is 28.7 Å². The fraction of sp³-hybridized carbons (Fsp3) is 0.545. The predicted molar refractivity (Wildman–Crippen MR) is 97.9 cm³/mol. The van der Waals surface area contributed by atoms with Gasteiger partial charge in [0.1, 0.15) is 24.2 Å². The number of aliphatic hydroxyl groups excluding tert-OH is 1. The van der Waals surface area contributed by atoms with Crippen LogP contribution in [0.3, 0.4) is 0 Å². The smallest absolute Gasteiger partial charge is 0.390 e. The van der Waals surface area contributed by atoms with E-state index in [9.17, 15) is 33.0 Å². The molecule has 174 valence electrons. The molecule has 0 bridgehead atoms. The molecule has 3 heterocycles. The third-order valence-electron chi connectivity index (χ3n) is 4.09. The van der Waals surface area contributed by atoms with Crippen LogP contribution in [0.25, 0.3) is 11.2 Å². The summed E-state index contributed by atoms with van der Waals surface area (Å²) in [7, 11) is -17.1. The van der Waals surface area contributed by atoms with E-state index in [1.165, 1.54) is 17.2 Å². The minimum absolute atomic E-state index is 0.0576. The van der Waals surface area contributed by atoms with E-state index in [4.69, 9.17) is 20.3 Å². The first-order valence-electron chi connectivity index (χ1n) is 8.18. The molecular weight excluding hydrogens is 490 g/mol. The lowest BCUT2D eigenvalue weighted by molar-refractivity contribution is -0.0402. The Morgan fingerprint density at radius 1 is 1.23 bits per heavy atom. The lowest BCUT2D eigenvalue weighted by Gasteiger charge is -2.22. The molecule has 31 heavy (non-hydrogen) atoms. The van der Waals surface area contributed by atoms with Gasteiger partial charge in [0.2, 0.25) is 0 Å². The van der Waals surface area contributed by atoms with Gasteiger partial charge < -0.3 is 39.7 Å². The van der Waals surface area contributed by atoms with E-state index in [0.717, 1.165) is 0 Å². The maximum absolute atomic E-state index is 14.0. The zero-order chi connectivity index (χ0) is 23.2. The predicted octanol–water partition coefficient (Wildman–Crippen LogP) is -0.193. The number of rotatable bonds is 8. The molecule has 0 radical (unpaired) electrons. The number of nitrogens with zero attached hydrogens (tertiary/aromatic N) is 4. The second-order valence-electron chi connectivity index (χ2n) is 6.32. The van der Waals surface area contributed by atoms with Crippen molar-refractivity contribution in [2.75, 3.05) is 12.3 Å². The largest absolute Gasteiger partial charge is 0.476 e. The van der Waals surface area contributed by atoms with E-state index in [-0.39, 0.29) is 23.4 Å². The fourth-order valence-electron chi connectivity index (χ4n) is 2.73. The van der Waals surface area contributed by atoms with Crippen LogP contribution in [0.1, 0.15) is 12.6 Å². The number of nitrogen functional groups attached to an aromatic ring is 1. The summed E-state index contributed by atoms with van der Waals surface area (Å²) in [4.78, 5) is 47.7. The molecule has 7 N–H and O–H groups in total. The number of nitrogens with two attached hydrogens (primary N) is 1. The minimum atomic E-state index is -5.90. The van der Waals surface area contributed by atoms with Crippen molar-refractivity contribution in [2.24, 2.45) is 0 Å². The van der Waals surface area contributed by atoms with Gasteiger partial charge in [-0.15, -0.1) is 0 Å². The first-order chi connectivity index (χ1) is 14.2. The van der Waals surface area contributed by atoms with E-state index in [1.54, 1.807) is 0 Å². The van der Waals surface area contributed by atoms with Crippen molar-refractivity contribution < 1.29 is 56.3 Å². The summed E-state index contributed by atoms with van der Waals surface area (Å²) in [5.41, 5.74) is 2.55. The summed E-state index contributed by atoms with van der Waals surface area (Å²) >= 11 is 0. The average Bonchev–Trinajstić information content (AvgIpc) is 3.21. The van der Waals surface area contributed by atoms with Crippen LogP contribution in [0.2, 0.25) is 0 Å². The van der Waals surface area contributed by atoms with Crippen molar-refractivity contribution in [3.8, 4) is 0 Å². The summed E-state index contributed by atoms with van der Waals surface area (Å²) in [5, 5.41) is 10.1. The van der Waals surface area contributed by atoms with E-state index < -0.39 is 53.7 Å². The molecule has 2 aromatic rings. The average molecular weight is 507 g/mol. The Bertz CT molecular complexity index is 1110. The molecule has 1 aliphatic rings. The minimum Gasteiger partial charge on any atom is -0.390 e. The molecule has 3 unspecified atom stereocenters. The molecule has 0 amide bonds. The van der Waals surface area contributed by atoms with Gasteiger partial charge in [0.25, 0.3) is 0 Å². The Kier molecular flexibility index (Phi) is 6.69. The van der Waals surface area contributed by atoms with Crippen LogP contribution in [-0.4, -0.2) is 68.7 Å². The number of alkyl halides is 1. The molecule has 3 rings (SSSR count). The molecule has 0 aliphatic carbocycles. The van der Waals surface area contributed by atoms with Crippen molar-refractivity contribution >= 4 is 40.0 Å². The fourth-order valence-corrected chi connectivity index (χ4v) is 6.80. The van der Waals surface area contributed by atoms with Gasteiger partial charge in [0, 0.05) is 6.42 Å². The second kappa shape index (κ2) is 8.54.